The molecule has 1 saturated carbocycles. The minimum atomic E-state index is -0.267. The molecule has 5 nitrogen and oxygen atoms in total. The standard InChI is InChI=1S/C19H26O5/c1-21-16-11-14(12-18(20)22-2)6-7-15(16)24-13-19(8-9-19)17-5-3-4-10-23-17/h6-7,11,17H,3-5,8-10,12-13H2,1-2H3. The van der Waals surface area contributed by atoms with Crippen LogP contribution in [0.4, 0.5) is 0 Å². The van der Waals surface area contributed by atoms with Crippen molar-refractivity contribution < 1.29 is 23.7 Å². The Hall–Kier alpha value is -1.75. The van der Waals surface area contributed by atoms with Crippen LogP contribution in [0, 0.1) is 5.41 Å². The lowest BCUT2D eigenvalue weighted by molar-refractivity contribution is -0.139. The Morgan fingerprint density at radius 3 is 2.71 bits per heavy atom. The average Bonchev–Trinajstić information content (AvgIpc) is 3.42. The summed E-state index contributed by atoms with van der Waals surface area (Å²) in [7, 11) is 3.00. The zero-order chi connectivity index (χ0) is 17.0. The predicted octanol–water partition coefficient (Wildman–Crippen LogP) is 3.14. The van der Waals surface area contributed by atoms with E-state index in [-0.39, 0.29) is 17.8 Å². The fourth-order valence-corrected chi connectivity index (χ4v) is 3.35. The third-order valence-corrected chi connectivity index (χ3v) is 5.07. The van der Waals surface area contributed by atoms with Crippen molar-refractivity contribution in [1.82, 2.24) is 0 Å². The van der Waals surface area contributed by atoms with E-state index in [4.69, 9.17) is 18.9 Å². The van der Waals surface area contributed by atoms with E-state index in [1.54, 1.807) is 7.11 Å². The molecule has 0 aromatic heterocycles. The molecule has 1 aromatic rings. The SMILES string of the molecule is COC(=O)Cc1ccc(OCC2(C3CCCCO3)CC2)c(OC)c1. The Labute approximate surface area is 143 Å². The van der Waals surface area contributed by atoms with Crippen molar-refractivity contribution in [3.63, 3.8) is 0 Å². The van der Waals surface area contributed by atoms with Gasteiger partial charge >= 0.3 is 5.97 Å². The van der Waals surface area contributed by atoms with E-state index in [1.807, 2.05) is 18.2 Å². The Kier molecular flexibility index (Phi) is 5.29. The summed E-state index contributed by atoms with van der Waals surface area (Å²) in [5, 5.41) is 0. The lowest BCUT2D eigenvalue weighted by Gasteiger charge is -2.30. The van der Waals surface area contributed by atoms with Crippen LogP contribution in [0.5, 0.6) is 11.5 Å². The topological polar surface area (TPSA) is 54.0 Å². The second-order valence-electron chi connectivity index (χ2n) is 6.74. The Morgan fingerprint density at radius 2 is 2.08 bits per heavy atom. The minimum absolute atomic E-state index is 0.177. The first-order chi connectivity index (χ1) is 11.7. The highest BCUT2D eigenvalue weighted by Gasteiger charge is 2.51. The zero-order valence-electron chi connectivity index (χ0n) is 14.5. The van der Waals surface area contributed by atoms with E-state index < -0.39 is 0 Å². The van der Waals surface area contributed by atoms with Crippen molar-refractivity contribution in [2.24, 2.45) is 5.41 Å². The van der Waals surface area contributed by atoms with E-state index in [0.29, 0.717) is 24.2 Å². The Balaban J connectivity index is 1.63. The third-order valence-electron chi connectivity index (χ3n) is 5.07. The fourth-order valence-electron chi connectivity index (χ4n) is 3.35. The molecule has 2 fully saturated rings. The molecule has 0 bridgehead atoms. The van der Waals surface area contributed by atoms with Gasteiger partial charge in [0.25, 0.3) is 0 Å². The van der Waals surface area contributed by atoms with Crippen molar-refractivity contribution in [3.05, 3.63) is 23.8 Å². The van der Waals surface area contributed by atoms with Crippen LogP contribution in [0.25, 0.3) is 0 Å². The van der Waals surface area contributed by atoms with Crippen LogP contribution < -0.4 is 9.47 Å². The maximum Gasteiger partial charge on any atom is 0.309 e. The van der Waals surface area contributed by atoms with E-state index in [1.165, 1.54) is 32.8 Å². The number of ether oxygens (including phenoxy) is 4. The molecule has 1 saturated heterocycles. The third kappa shape index (κ3) is 3.83. The van der Waals surface area contributed by atoms with Gasteiger partial charge in [0.2, 0.25) is 0 Å². The summed E-state index contributed by atoms with van der Waals surface area (Å²) < 4.78 is 22.2. The van der Waals surface area contributed by atoms with Gasteiger partial charge in [-0.1, -0.05) is 6.07 Å². The second kappa shape index (κ2) is 7.43. The summed E-state index contributed by atoms with van der Waals surface area (Å²) >= 11 is 0. The summed E-state index contributed by atoms with van der Waals surface area (Å²) in [5.41, 5.74) is 1.03. The van der Waals surface area contributed by atoms with Gasteiger partial charge in [-0.2, -0.15) is 0 Å². The molecule has 1 aromatic carbocycles. The van der Waals surface area contributed by atoms with Crippen molar-refractivity contribution in [1.29, 1.82) is 0 Å². The van der Waals surface area contributed by atoms with Gasteiger partial charge in [0, 0.05) is 12.0 Å². The normalized spacial score (nSPS) is 21.8. The fraction of sp³-hybridized carbons (Fsp3) is 0.632. The minimum Gasteiger partial charge on any atom is -0.493 e. The van der Waals surface area contributed by atoms with Crippen molar-refractivity contribution in [2.45, 2.75) is 44.6 Å². The molecule has 1 aliphatic heterocycles. The molecular weight excluding hydrogens is 308 g/mol. The highest BCUT2D eigenvalue weighted by molar-refractivity contribution is 5.72. The highest BCUT2D eigenvalue weighted by Crippen LogP contribution is 2.52. The maximum atomic E-state index is 11.4. The second-order valence-corrected chi connectivity index (χ2v) is 6.74. The Morgan fingerprint density at radius 1 is 1.25 bits per heavy atom. The molecule has 1 heterocycles. The summed E-state index contributed by atoms with van der Waals surface area (Å²) in [5.74, 6) is 1.10. The smallest absolute Gasteiger partial charge is 0.309 e. The average molecular weight is 334 g/mol. The van der Waals surface area contributed by atoms with Gasteiger partial charge in [-0.3, -0.25) is 4.79 Å². The molecule has 0 radical (unpaired) electrons. The van der Waals surface area contributed by atoms with E-state index in [2.05, 4.69) is 0 Å². The molecule has 2 aliphatic rings. The lowest BCUT2D eigenvalue weighted by atomic mass is 9.93. The summed E-state index contributed by atoms with van der Waals surface area (Å²) in [6, 6.07) is 5.59. The van der Waals surface area contributed by atoms with Gasteiger partial charge in [-0.15, -0.1) is 0 Å². The van der Waals surface area contributed by atoms with E-state index in [0.717, 1.165) is 18.6 Å². The molecule has 1 unspecified atom stereocenters. The van der Waals surface area contributed by atoms with Gasteiger partial charge in [0.05, 0.1) is 33.4 Å². The van der Waals surface area contributed by atoms with Crippen LogP contribution in [-0.2, 0) is 20.7 Å². The number of methoxy groups -OCH3 is 2. The molecule has 1 aliphatic carbocycles. The van der Waals surface area contributed by atoms with Gasteiger partial charge < -0.3 is 18.9 Å². The quantitative estimate of drug-likeness (QED) is 0.717. The van der Waals surface area contributed by atoms with E-state index in [9.17, 15) is 4.79 Å². The van der Waals surface area contributed by atoms with Crippen LogP contribution in [0.3, 0.4) is 0 Å². The summed E-state index contributed by atoms with van der Waals surface area (Å²) in [4.78, 5) is 11.4. The number of esters is 1. The maximum absolute atomic E-state index is 11.4. The molecule has 3 rings (SSSR count). The zero-order valence-corrected chi connectivity index (χ0v) is 14.5. The summed E-state index contributed by atoms with van der Waals surface area (Å²) in [6.07, 6.45) is 6.45. The van der Waals surface area contributed by atoms with Gasteiger partial charge in [-0.05, 0) is 49.8 Å². The first-order valence-electron chi connectivity index (χ1n) is 8.65. The monoisotopic (exact) mass is 334 g/mol. The molecule has 132 valence electrons. The molecule has 0 N–H and O–H groups in total. The van der Waals surface area contributed by atoms with Crippen molar-refractivity contribution in [2.75, 3.05) is 27.4 Å². The molecule has 0 amide bonds. The first kappa shape index (κ1) is 17.1. The molecule has 5 heteroatoms. The van der Waals surface area contributed by atoms with Gasteiger partial charge in [0.15, 0.2) is 11.5 Å². The number of rotatable bonds is 7. The Bertz CT molecular complexity index is 573. The van der Waals surface area contributed by atoms with Crippen LogP contribution in [-0.4, -0.2) is 39.5 Å². The molecule has 24 heavy (non-hydrogen) atoms. The summed E-state index contributed by atoms with van der Waals surface area (Å²) in [6.45, 7) is 1.53. The number of carbonyl (C=O) groups excluding carboxylic acids is 1. The highest BCUT2D eigenvalue weighted by atomic mass is 16.5. The van der Waals surface area contributed by atoms with Crippen LogP contribution in [0.1, 0.15) is 37.7 Å². The van der Waals surface area contributed by atoms with Crippen molar-refractivity contribution in [3.8, 4) is 11.5 Å². The number of hydrogen-bond acceptors (Lipinski definition) is 5. The molecule has 0 spiro atoms. The van der Waals surface area contributed by atoms with Crippen molar-refractivity contribution >= 4 is 5.97 Å². The lowest BCUT2D eigenvalue weighted by Crippen LogP contribution is -2.33. The first-order valence-corrected chi connectivity index (χ1v) is 8.65. The van der Waals surface area contributed by atoms with Gasteiger partial charge in [0.1, 0.15) is 0 Å². The number of benzene rings is 1. The molecular formula is C19H26O5. The van der Waals surface area contributed by atoms with E-state index >= 15 is 0 Å². The number of hydrogen-bond donors (Lipinski definition) is 0. The predicted molar refractivity (Wildman–Crippen MR) is 89.5 cm³/mol. The van der Waals surface area contributed by atoms with Gasteiger partial charge in [-0.25, -0.2) is 0 Å². The van der Waals surface area contributed by atoms with Crippen LogP contribution in [0.2, 0.25) is 0 Å². The van der Waals surface area contributed by atoms with Crippen LogP contribution in [0.15, 0.2) is 18.2 Å². The number of carbonyl (C=O) groups is 1. The largest absolute Gasteiger partial charge is 0.493 e. The van der Waals surface area contributed by atoms with Crippen LogP contribution >= 0.6 is 0 Å². The molecule has 1 atom stereocenters.